The summed E-state index contributed by atoms with van der Waals surface area (Å²) in [5, 5.41) is 4.23. The highest BCUT2D eigenvalue weighted by Gasteiger charge is 2.18. The van der Waals surface area contributed by atoms with Gasteiger partial charge in [0.15, 0.2) is 0 Å². The van der Waals surface area contributed by atoms with Gasteiger partial charge in [-0.25, -0.2) is 19.9 Å². The fourth-order valence-electron chi connectivity index (χ4n) is 3.16. The molecule has 6 nitrogen and oxygen atoms in total. The van der Waals surface area contributed by atoms with Crippen molar-refractivity contribution in [2.75, 3.05) is 5.32 Å². The summed E-state index contributed by atoms with van der Waals surface area (Å²) in [5.41, 5.74) is 6.24. The van der Waals surface area contributed by atoms with Crippen molar-refractivity contribution in [3.05, 3.63) is 84.3 Å². The number of allylic oxidation sites excluding steroid dienone is 1. The van der Waals surface area contributed by atoms with Gasteiger partial charge in [-0.15, -0.1) is 0 Å². The van der Waals surface area contributed by atoms with Gasteiger partial charge in [-0.2, -0.15) is 0 Å². The van der Waals surface area contributed by atoms with Crippen LogP contribution in [0.4, 0.5) is 11.6 Å². The van der Waals surface area contributed by atoms with E-state index >= 15 is 0 Å². The first kappa shape index (κ1) is 14.7. The zero-order valence-electron chi connectivity index (χ0n) is 13.8. The number of nitrogens with zero attached hydrogens (tertiary/aromatic N) is 5. The summed E-state index contributed by atoms with van der Waals surface area (Å²) in [5.74, 6) is 0.594. The molecule has 0 radical (unpaired) electrons. The van der Waals surface area contributed by atoms with Gasteiger partial charge in [0.25, 0.3) is 0 Å². The smallest absolute Gasteiger partial charge is 0.227 e. The van der Waals surface area contributed by atoms with E-state index in [1.165, 1.54) is 0 Å². The molecular weight excluding hydrogens is 324 g/mol. The van der Waals surface area contributed by atoms with Crippen LogP contribution < -0.4 is 5.32 Å². The van der Waals surface area contributed by atoms with Crippen molar-refractivity contribution in [1.82, 2.24) is 24.9 Å². The Labute approximate surface area is 152 Å². The first-order valence-corrected chi connectivity index (χ1v) is 8.30. The molecule has 1 aliphatic carbocycles. The van der Waals surface area contributed by atoms with Crippen LogP contribution in [-0.4, -0.2) is 24.9 Å². The molecule has 0 atom stereocenters. The molecule has 5 rings (SSSR count). The number of benzene rings is 1. The Morgan fingerprint density at radius 3 is 2.81 bits per heavy atom. The molecule has 0 fully saturated rings. The number of hydrogen-bond donors (Lipinski definition) is 1. The topological polar surface area (TPSA) is 76.5 Å². The normalized spacial score (nSPS) is 12.7. The van der Waals surface area contributed by atoms with E-state index in [2.05, 4.69) is 48.4 Å². The Hall–Kier alpha value is -3.67. The summed E-state index contributed by atoms with van der Waals surface area (Å²) in [7, 11) is 0. The fraction of sp³-hybridized carbons (Fsp3) is 0.0500. The maximum atomic E-state index is 4.67. The standard InChI is InChI=1S/C20H14N6.2H2/c1-3-18-14(10-22-12-24-18)9-13(1)16-2-4-19-17(16)11-23-20(26-19)25-15-5-7-21-8-6-15;;/h1-3,5-12H,4H2,(H,21,23,25,26);2*1H. The molecule has 3 aromatic heterocycles. The van der Waals surface area contributed by atoms with Crippen molar-refractivity contribution in [2.45, 2.75) is 6.42 Å². The van der Waals surface area contributed by atoms with E-state index in [9.17, 15) is 0 Å². The average Bonchev–Trinajstić information content (AvgIpc) is 3.12. The molecule has 128 valence electrons. The lowest BCUT2D eigenvalue weighted by molar-refractivity contribution is 1.06. The minimum absolute atomic E-state index is 0. The first-order valence-electron chi connectivity index (χ1n) is 8.30. The predicted octanol–water partition coefficient (Wildman–Crippen LogP) is 4.04. The highest BCUT2D eigenvalue weighted by Crippen LogP contribution is 2.33. The van der Waals surface area contributed by atoms with Gasteiger partial charge < -0.3 is 5.32 Å². The van der Waals surface area contributed by atoms with Crippen LogP contribution in [-0.2, 0) is 6.42 Å². The van der Waals surface area contributed by atoms with Crippen molar-refractivity contribution in [3.63, 3.8) is 0 Å². The summed E-state index contributed by atoms with van der Waals surface area (Å²) in [6, 6.07) is 9.99. The molecule has 0 spiro atoms. The van der Waals surface area contributed by atoms with E-state index in [1.807, 2.05) is 30.6 Å². The van der Waals surface area contributed by atoms with Gasteiger partial charge >= 0.3 is 0 Å². The van der Waals surface area contributed by atoms with Crippen LogP contribution in [0.3, 0.4) is 0 Å². The van der Waals surface area contributed by atoms with Crippen molar-refractivity contribution in [2.24, 2.45) is 0 Å². The summed E-state index contributed by atoms with van der Waals surface area (Å²) in [6.07, 6.45) is 11.7. The molecule has 1 aliphatic rings. The second-order valence-electron chi connectivity index (χ2n) is 6.03. The van der Waals surface area contributed by atoms with Crippen LogP contribution in [0, 0.1) is 0 Å². The summed E-state index contributed by atoms with van der Waals surface area (Å²) in [6.45, 7) is 0. The van der Waals surface area contributed by atoms with Gasteiger partial charge in [0, 0.05) is 50.7 Å². The Morgan fingerprint density at radius 2 is 1.88 bits per heavy atom. The van der Waals surface area contributed by atoms with E-state index in [0.29, 0.717) is 5.95 Å². The highest BCUT2D eigenvalue weighted by atomic mass is 15.1. The van der Waals surface area contributed by atoms with Crippen molar-refractivity contribution < 1.29 is 2.85 Å². The Kier molecular flexibility index (Phi) is 3.38. The largest absolute Gasteiger partial charge is 0.324 e. The first-order chi connectivity index (χ1) is 12.9. The molecule has 26 heavy (non-hydrogen) atoms. The summed E-state index contributed by atoms with van der Waals surface area (Å²) < 4.78 is 0. The maximum absolute atomic E-state index is 4.67. The van der Waals surface area contributed by atoms with Gasteiger partial charge in [0.05, 0.1) is 11.2 Å². The molecule has 0 aliphatic heterocycles. The zero-order chi connectivity index (χ0) is 17.3. The fourth-order valence-corrected chi connectivity index (χ4v) is 3.16. The minimum Gasteiger partial charge on any atom is -0.324 e. The molecule has 1 N–H and O–H groups in total. The van der Waals surface area contributed by atoms with Crippen LogP contribution in [0.5, 0.6) is 0 Å². The van der Waals surface area contributed by atoms with Crippen molar-refractivity contribution in [1.29, 1.82) is 0 Å². The molecule has 1 aromatic carbocycles. The van der Waals surface area contributed by atoms with E-state index in [0.717, 1.165) is 45.4 Å². The maximum Gasteiger partial charge on any atom is 0.227 e. The summed E-state index contributed by atoms with van der Waals surface area (Å²) >= 11 is 0. The molecule has 4 aromatic rings. The Balaban J connectivity index is 0.00000112. The second kappa shape index (κ2) is 6.00. The van der Waals surface area contributed by atoms with Crippen LogP contribution in [0.2, 0.25) is 0 Å². The van der Waals surface area contributed by atoms with E-state index in [4.69, 9.17) is 0 Å². The third-order valence-corrected chi connectivity index (χ3v) is 4.41. The second-order valence-corrected chi connectivity index (χ2v) is 6.03. The van der Waals surface area contributed by atoms with Crippen LogP contribution in [0.15, 0.2) is 67.5 Å². The number of aromatic nitrogens is 5. The third kappa shape index (κ3) is 2.57. The van der Waals surface area contributed by atoms with Gasteiger partial charge in [0.1, 0.15) is 6.33 Å². The van der Waals surface area contributed by atoms with Gasteiger partial charge in [0.2, 0.25) is 5.95 Å². The van der Waals surface area contributed by atoms with E-state index < -0.39 is 0 Å². The highest BCUT2D eigenvalue weighted by molar-refractivity contribution is 5.89. The number of hydrogen-bond acceptors (Lipinski definition) is 6. The predicted molar refractivity (Wildman–Crippen MR) is 104 cm³/mol. The third-order valence-electron chi connectivity index (χ3n) is 4.41. The van der Waals surface area contributed by atoms with Crippen LogP contribution in [0.1, 0.15) is 19.7 Å². The molecule has 6 heteroatoms. The number of anilines is 2. The van der Waals surface area contributed by atoms with Gasteiger partial charge in [-0.3, -0.25) is 4.98 Å². The Bertz CT molecular complexity index is 1150. The molecule has 3 heterocycles. The minimum atomic E-state index is 0. The number of pyridine rings is 1. The number of fused-ring (bicyclic) bond motifs is 2. The van der Waals surface area contributed by atoms with Crippen LogP contribution >= 0.6 is 0 Å². The van der Waals surface area contributed by atoms with E-state index in [-0.39, 0.29) is 2.85 Å². The van der Waals surface area contributed by atoms with E-state index in [1.54, 1.807) is 18.7 Å². The lowest BCUT2D eigenvalue weighted by atomic mass is 10.0. The molecule has 0 bridgehead atoms. The van der Waals surface area contributed by atoms with Crippen LogP contribution in [0.25, 0.3) is 16.5 Å². The summed E-state index contributed by atoms with van der Waals surface area (Å²) in [4.78, 5) is 21.5. The molecule has 0 amide bonds. The Morgan fingerprint density at radius 1 is 0.962 bits per heavy atom. The average molecular weight is 342 g/mol. The molecule has 0 unspecified atom stereocenters. The van der Waals surface area contributed by atoms with Gasteiger partial charge in [-0.1, -0.05) is 12.1 Å². The monoisotopic (exact) mass is 342 g/mol. The molecule has 0 saturated heterocycles. The van der Waals surface area contributed by atoms with Gasteiger partial charge in [-0.05, 0) is 35.4 Å². The lowest BCUT2D eigenvalue weighted by Crippen LogP contribution is -2.01. The number of rotatable bonds is 3. The quantitative estimate of drug-likeness (QED) is 0.605. The van der Waals surface area contributed by atoms with Crippen molar-refractivity contribution in [3.8, 4) is 0 Å². The van der Waals surface area contributed by atoms with Crippen molar-refractivity contribution >= 4 is 28.1 Å². The zero-order valence-corrected chi connectivity index (χ0v) is 13.8. The SMILES string of the molecule is C1=C(c2ccc3ncncc3c2)c2cnc(Nc3ccncc3)nc2C1.[HH].[HH]. The molecular formula is C20H18N6. The number of nitrogens with one attached hydrogen (secondary N) is 1. The lowest BCUT2D eigenvalue weighted by Gasteiger charge is -2.09. The molecule has 0 saturated carbocycles.